The summed E-state index contributed by atoms with van der Waals surface area (Å²) in [5, 5.41) is 11.4. The highest BCUT2D eigenvalue weighted by Crippen LogP contribution is 2.07. The number of nitrogens with one attached hydrogen (secondary N) is 3. The van der Waals surface area contributed by atoms with Gasteiger partial charge in [0.1, 0.15) is 12.1 Å². The Morgan fingerprint density at radius 2 is 2.16 bits per heavy atom. The van der Waals surface area contributed by atoms with Crippen molar-refractivity contribution in [2.75, 3.05) is 18.5 Å². The van der Waals surface area contributed by atoms with Crippen LogP contribution in [0.15, 0.2) is 36.7 Å². The fourth-order valence-electron chi connectivity index (χ4n) is 1.40. The molecule has 1 heterocycles. The summed E-state index contributed by atoms with van der Waals surface area (Å²) < 4.78 is 5.49. The van der Waals surface area contributed by atoms with E-state index < -0.39 is 0 Å². The van der Waals surface area contributed by atoms with E-state index in [1.807, 2.05) is 30.3 Å². The van der Waals surface area contributed by atoms with Crippen molar-refractivity contribution in [2.45, 2.75) is 6.42 Å². The van der Waals surface area contributed by atoms with E-state index in [2.05, 4.69) is 25.8 Å². The normalized spacial score (nSPS) is 9.89. The van der Waals surface area contributed by atoms with Crippen LogP contribution in [-0.2, 0) is 0 Å². The molecular weight excluding hydrogens is 246 g/mol. The number of hydrogen-bond donors (Lipinski definition) is 3. The highest BCUT2D eigenvalue weighted by atomic mass is 16.5. The molecule has 0 atom stereocenters. The number of urea groups is 1. The molecule has 2 rings (SSSR count). The second-order valence-electron chi connectivity index (χ2n) is 3.73. The molecule has 0 unspecified atom stereocenters. The fraction of sp³-hybridized carbons (Fsp3) is 0.250. The molecular formula is C12H15N5O2. The minimum atomic E-state index is -0.323. The quantitative estimate of drug-likeness (QED) is 0.685. The number of carbonyl (C=O) groups is 1. The van der Waals surface area contributed by atoms with Crippen LogP contribution < -0.4 is 15.4 Å². The Bertz CT molecular complexity index is 486. The van der Waals surface area contributed by atoms with Gasteiger partial charge in [-0.15, -0.1) is 0 Å². The summed E-state index contributed by atoms with van der Waals surface area (Å²) in [7, 11) is 0. The van der Waals surface area contributed by atoms with E-state index in [9.17, 15) is 4.79 Å². The molecule has 1 aromatic heterocycles. The topological polar surface area (TPSA) is 91.9 Å². The van der Waals surface area contributed by atoms with Gasteiger partial charge in [0, 0.05) is 6.54 Å². The highest BCUT2D eigenvalue weighted by molar-refractivity contribution is 5.87. The van der Waals surface area contributed by atoms with Crippen LogP contribution in [-0.4, -0.2) is 34.4 Å². The Balaban J connectivity index is 1.56. The monoisotopic (exact) mass is 261 g/mol. The smallest absolute Gasteiger partial charge is 0.321 e. The van der Waals surface area contributed by atoms with Gasteiger partial charge in [0.15, 0.2) is 0 Å². The maximum absolute atomic E-state index is 11.4. The van der Waals surface area contributed by atoms with Crippen molar-refractivity contribution < 1.29 is 9.53 Å². The molecule has 7 nitrogen and oxygen atoms in total. The Hall–Kier alpha value is -2.57. The summed E-state index contributed by atoms with van der Waals surface area (Å²) in [5.41, 5.74) is 0. The van der Waals surface area contributed by atoms with E-state index in [4.69, 9.17) is 4.74 Å². The van der Waals surface area contributed by atoms with Gasteiger partial charge in [0.25, 0.3) is 0 Å². The molecule has 1 aromatic carbocycles. The summed E-state index contributed by atoms with van der Waals surface area (Å²) in [5.74, 6) is 1.15. The predicted molar refractivity (Wildman–Crippen MR) is 70.0 cm³/mol. The number of ether oxygens (including phenoxy) is 1. The van der Waals surface area contributed by atoms with Gasteiger partial charge in [0.05, 0.1) is 6.61 Å². The Morgan fingerprint density at radius 3 is 2.89 bits per heavy atom. The van der Waals surface area contributed by atoms with Crippen LogP contribution in [0, 0.1) is 0 Å². The second kappa shape index (κ2) is 7.00. The number of para-hydroxylation sites is 1. The molecule has 0 aliphatic heterocycles. The summed E-state index contributed by atoms with van der Waals surface area (Å²) in [4.78, 5) is 15.2. The van der Waals surface area contributed by atoms with Gasteiger partial charge < -0.3 is 10.1 Å². The molecule has 2 amide bonds. The first kappa shape index (κ1) is 12.9. The van der Waals surface area contributed by atoms with Gasteiger partial charge in [-0.1, -0.05) is 18.2 Å². The molecule has 0 saturated carbocycles. The van der Waals surface area contributed by atoms with Crippen molar-refractivity contribution in [3.05, 3.63) is 36.7 Å². The summed E-state index contributed by atoms with van der Waals surface area (Å²) in [6.07, 6.45) is 2.04. The number of nitrogens with zero attached hydrogens (tertiary/aromatic N) is 2. The molecule has 0 spiro atoms. The third-order valence-corrected chi connectivity index (χ3v) is 2.27. The molecule has 0 radical (unpaired) electrons. The number of anilines is 1. The Labute approximate surface area is 110 Å². The SMILES string of the molecule is O=C(NCCCOc1ccccc1)Nc1ncn[nH]1. The van der Waals surface area contributed by atoms with Crippen molar-refractivity contribution in [1.29, 1.82) is 0 Å². The van der Waals surface area contributed by atoms with Crippen molar-refractivity contribution in [2.24, 2.45) is 0 Å². The van der Waals surface area contributed by atoms with Crippen molar-refractivity contribution >= 4 is 12.0 Å². The average Bonchev–Trinajstić information content (AvgIpc) is 2.92. The van der Waals surface area contributed by atoms with Crippen LogP contribution in [0.5, 0.6) is 5.75 Å². The minimum absolute atomic E-state index is 0.318. The van der Waals surface area contributed by atoms with Gasteiger partial charge in [-0.25, -0.2) is 9.89 Å². The third-order valence-electron chi connectivity index (χ3n) is 2.27. The zero-order valence-electron chi connectivity index (χ0n) is 10.3. The van der Waals surface area contributed by atoms with Gasteiger partial charge in [0.2, 0.25) is 5.95 Å². The van der Waals surface area contributed by atoms with Gasteiger partial charge in [-0.05, 0) is 18.6 Å². The molecule has 0 aliphatic carbocycles. The number of rotatable bonds is 6. The van der Waals surface area contributed by atoms with Gasteiger partial charge >= 0.3 is 6.03 Å². The maximum atomic E-state index is 11.4. The lowest BCUT2D eigenvalue weighted by Crippen LogP contribution is -2.30. The number of H-pyrrole nitrogens is 1. The molecule has 0 saturated heterocycles. The van der Waals surface area contributed by atoms with Crippen LogP contribution in [0.25, 0.3) is 0 Å². The molecule has 7 heteroatoms. The number of carbonyl (C=O) groups excluding carboxylic acids is 1. The standard InChI is InChI=1S/C12H15N5O2/c18-12(16-11-14-9-15-17-11)13-7-4-8-19-10-5-2-1-3-6-10/h1-3,5-6,9H,4,7-8H2,(H3,13,14,15,16,17,18). The second-order valence-corrected chi connectivity index (χ2v) is 3.73. The minimum Gasteiger partial charge on any atom is -0.494 e. The number of benzene rings is 1. The highest BCUT2D eigenvalue weighted by Gasteiger charge is 2.02. The zero-order valence-corrected chi connectivity index (χ0v) is 10.3. The lowest BCUT2D eigenvalue weighted by Gasteiger charge is -2.07. The van der Waals surface area contributed by atoms with Gasteiger partial charge in [-0.2, -0.15) is 10.1 Å². The number of hydrogen-bond acceptors (Lipinski definition) is 4. The first-order valence-electron chi connectivity index (χ1n) is 5.92. The lowest BCUT2D eigenvalue weighted by atomic mass is 10.3. The summed E-state index contributed by atoms with van der Waals surface area (Å²) in [6.45, 7) is 1.07. The van der Waals surface area contributed by atoms with E-state index >= 15 is 0 Å². The summed E-state index contributed by atoms with van der Waals surface area (Å²) >= 11 is 0. The maximum Gasteiger partial charge on any atom is 0.321 e. The van der Waals surface area contributed by atoms with Crippen molar-refractivity contribution in [3.63, 3.8) is 0 Å². The van der Waals surface area contributed by atoms with E-state index in [1.54, 1.807) is 0 Å². The van der Waals surface area contributed by atoms with E-state index in [0.717, 1.165) is 12.2 Å². The van der Waals surface area contributed by atoms with E-state index in [0.29, 0.717) is 19.1 Å². The van der Waals surface area contributed by atoms with Crippen LogP contribution in [0.3, 0.4) is 0 Å². The Kier molecular flexibility index (Phi) is 4.74. The molecule has 100 valence electrons. The first-order chi connectivity index (χ1) is 9.34. The van der Waals surface area contributed by atoms with Crippen LogP contribution >= 0.6 is 0 Å². The zero-order chi connectivity index (χ0) is 13.3. The van der Waals surface area contributed by atoms with Crippen molar-refractivity contribution in [3.8, 4) is 5.75 Å². The molecule has 3 N–H and O–H groups in total. The Morgan fingerprint density at radius 1 is 1.32 bits per heavy atom. The van der Waals surface area contributed by atoms with Crippen LogP contribution in [0.1, 0.15) is 6.42 Å². The molecule has 2 aromatic rings. The number of aromatic nitrogens is 3. The first-order valence-corrected chi connectivity index (χ1v) is 5.92. The molecule has 0 aliphatic rings. The third kappa shape index (κ3) is 4.66. The summed E-state index contributed by atoms with van der Waals surface area (Å²) in [6, 6.07) is 9.23. The van der Waals surface area contributed by atoms with E-state index in [-0.39, 0.29) is 6.03 Å². The molecule has 19 heavy (non-hydrogen) atoms. The van der Waals surface area contributed by atoms with Crippen LogP contribution in [0.2, 0.25) is 0 Å². The predicted octanol–water partition coefficient (Wildman–Crippen LogP) is 1.40. The number of aromatic amines is 1. The molecule has 0 fully saturated rings. The lowest BCUT2D eigenvalue weighted by molar-refractivity contribution is 0.250. The van der Waals surface area contributed by atoms with Gasteiger partial charge in [-0.3, -0.25) is 5.32 Å². The van der Waals surface area contributed by atoms with E-state index in [1.165, 1.54) is 6.33 Å². The van der Waals surface area contributed by atoms with Crippen molar-refractivity contribution in [1.82, 2.24) is 20.5 Å². The number of amides is 2. The average molecular weight is 261 g/mol. The largest absolute Gasteiger partial charge is 0.494 e. The van der Waals surface area contributed by atoms with Crippen LogP contribution in [0.4, 0.5) is 10.7 Å². The molecule has 0 bridgehead atoms. The fourth-order valence-corrected chi connectivity index (χ4v) is 1.40.